The van der Waals surface area contributed by atoms with E-state index in [1.807, 2.05) is 0 Å². The summed E-state index contributed by atoms with van der Waals surface area (Å²) in [6, 6.07) is 8.78. The maximum absolute atomic E-state index is 12.2. The molecule has 1 aromatic heterocycles. The number of carbonyl (C=O) groups excluding carboxylic acids is 2. The first kappa shape index (κ1) is 15.6. The van der Waals surface area contributed by atoms with Crippen LogP contribution < -0.4 is 16.0 Å². The van der Waals surface area contributed by atoms with Crippen molar-refractivity contribution in [3.05, 3.63) is 51.7 Å². The third kappa shape index (κ3) is 3.53. The third-order valence-electron chi connectivity index (χ3n) is 3.99. The number of hydrogen-bond acceptors (Lipinski definition) is 3. The number of aryl methyl sites for hydroxylation is 1. The van der Waals surface area contributed by atoms with E-state index in [4.69, 9.17) is 0 Å². The van der Waals surface area contributed by atoms with Crippen LogP contribution >= 0.6 is 11.3 Å². The number of urea groups is 1. The van der Waals surface area contributed by atoms with Gasteiger partial charge in [0.2, 0.25) is 0 Å². The molecule has 0 spiro atoms. The van der Waals surface area contributed by atoms with Gasteiger partial charge in [0.15, 0.2) is 0 Å². The van der Waals surface area contributed by atoms with Gasteiger partial charge < -0.3 is 16.0 Å². The number of fused-ring (bicyclic) bond motifs is 1. The second-order valence-electron chi connectivity index (χ2n) is 5.50. The zero-order valence-corrected chi connectivity index (χ0v) is 13.7. The molecule has 23 heavy (non-hydrogen) atoms. The van der Waals surface area contributed by atoms with E-state index in [1.54, 1.807) is 42.6 Å². The number of benzene rings is 1. The van der Waals surface area contributed by atoms with Gasteiger partial charge in [-0.1, -0.05) is 0 Å². The van der Waals surface area contributed by atoms with Gasteiger partial charge >= 0.3 is 6.03 Å². The quantitative estimate of drug-likeness (QED) is 0.808. The van der Waals surface area contributed by atoms with Crippen molar-refractivity contribution >= 4 is 29.0 Å². The Labute approximate surface area is 139 Å². The maximum Gasteiger partial charge on any atom is 0.319 e. The summed E-state index contributed by atoms with van der Waals surface area (Å²) >= 11 is 1.76. The van der Waals surface area contributed by atoms with Crippen LogP contribution in [0.15, 0.2) is 35.7 Å². The average Bonchev–Trinajstić information content (AvgIpc) is 3.04. The van der Waals surface area contributed by atoms with E-state index in [1.165, 1.54) is 10.4 Å². The van der Waals surface area contributed by atoms with E-state index >= 15 is 0 Å². The Kier molecular flexibility index (Phi) is 4.62. The molecule has 3 N–H and O–H groups in total. The molecule has 3 rings (SSSR count). The zero-order valence-electron chi connectivity index (χ0n) is 12.9. The van der Waals surface area contributed by atoms with Gasteiger partial charge in [-0.2, -0.15) is 0 Å². The lowest BCUT2D eigenvalue weighted by Crippen LogP contribution is -2.33. The zero-order chi connectivity index (χ0) is 16.2. The lowest BCUT2D eigenvalue weighted by Gasteiger charge is -2.23. The minimum Gasteiger partial charge on any atom is -0.355 e. The predicted molar refractivity (Wildman–Crippen MR) is 92.0 cm³/mol. The summed E-state index contributed by atoms with van der Waals surface area (Å²) in [5.41, 5.74) is 2.47. The van der Waals surface area contributed by atoms with Gasteiger partial charge in [-0.15, -0.1) is 11.3 Å². The molecule has 5 nitrogen and oxygen atoms in total. The molecule has 2 aromatic rings. The molecule has 1 heterocycles. The largest absolute Gasteiger partial charge is 0.355 e. The Hall–Kier alpha value is -2.34. The van der Waals surface area contributed by atoms with Gasteiger partial charge in [0.1, 0.15) is 0 Å². The minimum absolute atomic E-state index is 0.0788. The highest BCUT2D eigenvalue weighted by Crippen LogP contribution is 2.33. The maximum atomic E-state index is 12.2. The number of rotatable bonds is 3. The van der Waals surface area contributed by atoms with E-state index in [9.17, 15) is 9.59 Å². The first-order valence-electron chi connectivity index (χ1n) is 7.63. The summed E-state index contributed by atoms with van der Waals surface area (Å²) in [5, 5.41) is 10.5. The van der Waals surface area contributed by atoms with Crippen molar-refractivity contribution in [2.24, 2.45) is 0 Å². The highest BCUT2D eigenvalue weighted by molar-refractivity contribution is 7.10. The number of amides is 3. The lowest BCUT2D eigenvalue weighted by atomic mass is 9.94. The van der Waals surface area contributed by atoms with Crippen LogP contribution in [0.1, 0.15) is 39.7 Å². The van der Waals surface area contributed by atoms with Crippen LogP contribution in [0, 0.1) is 0 Å². The number of thiophene rings is 1. The number of hydrogen-bond donors (Lipinski definition) is 3. The monoisotopic (exact) mass is 329 g/mol. The Morgan fingerprint density at radius 3 is 2.70 bits per heavy atom. The third-order valence-corrected chi connectivity index (χ3v) is 4.99. The van der Waals surface area contributed by atoms with Gasteiger partial charge in [-0.3, -0.25) is 4.79 Å². The van der Waals surface area contributed by atoms with E-state index in [0.29, 0.717) is 11.3 Å². The molecule has 6 heteroatoms. The molecular formula is C17H19N3O2S. The normalized spacial score (nSPS) is 16.3. The predicted octanol–water partition coefficient (Wildman–Crippen LogP) is 3.31. The molecule has 1 aromatic carbocycles. The first-order chi connectivity index (χ1) is 11.2. The van der Waals surface area contributed by atoms with Gasteiger partial charge in [0, 0.05) is 23.2 Å². The first-order valence-corrected chi connectivity index (χ1v) is 8.51. The van der Waals surface area contributed by atoms with E-state index in [0.717, 1.165) is 19.3 Å². The topological polar surface area (TPSA) is 70.2 Å². The van der Waals surface area contributed by atoms with Crippen LogP contribution in [-0.2, 0) is 6.42 Å². The van der Waals surface area contributed by atoms with Crippen LogP contribution in [0.2, 0.25) is 0 Å². The van der Waals surface area contributed by atoms with E-state index < -0.39 is 0 Å². The highest BCUT2D eigenvalue weighted by Gasteiger charge is 2.22. The highest BCUT2D eigenvalue weighted by atomic mass is 32.1. The molecule has 0 radical (unpaired) electrons. The molecular weight excluding hydrogens is 310 g/mol. The molecule has 0 aliphatic heterocycles. The summed E-state index contributed by atoms with van der Waals surface area (Å²) in [5.74, 6) is -0.145. The molecule has 120 valence electrons. The van der Waals surface area contributed by atoms with Crippen LogP contribution in [-0.4, -0.2) is 19.0 Å². The van der Waals surface area contributed by atoms with Crippen LogP contribution in [0.3, 0.4) is 0 Å². The Morgan fingerprint density at radius 1 is 1.17 bits per heavy atom. The average molecular weight is 329 g/mol. The second-order valence-corrected chi connectivity index (χ2v) is 6.50. The van der Waals surface area contributed by atoms with Gasteiger partial charge in [-0.05, 0) is 60.5 Å². The van der Waals surface area contributed by atoms with Crippen molar-refractivity contribution in [2.75, 3.05) is 12.4 Å². The fourth-order valence-electron chi connectivity index (χ4n) is 2.81. The van der Waals surface area contributed by atoms with Crippen molar-refractivity contribution in [3.8, 4) is 0 Å². The molecule has 0 saturated carbocycles. The fourth-order valence-corrected chi connectivity index (χ4v) is 3.80. The number of nitrogens with one attached hydrogen (secondary N) is 3. The number of carbonyl (C=O) groups is 2. The fraction of sp³-hybridized carbons (Fsp3) is 0.294. The van der Waals surface area contributed by atoms with Gasteiger partial charge in [-0.25, -0.2) is 4.79 Å². The van der Waals surface area contributed by atoms with E-state index in [2.05, 4.69) is 27.4 Å². The van der Waals surface area contributed by atoms with Gasteiger partial charge in [0.25, 0.3) is 5.91 Å². The van der Waals surface area contributed by atoms with Crippen molar-refractivity contribution in [2.45, 2.75) is 25.3 Å². The number of anilines is 1. The van der Waals surface area contributed by atoms with Crippen molar-refractivity contribution in [1.82, 2.24) is 10.6 Å². The summed E-state index contributed by atoms with van der Waals surface area (Å²) in [6.45, 7) is 0. The van der Waals surface area contributed by atoms with Crippen molar-refractivity contribution in [3.63, 3.8) is 0 Å². The molecule has 0 fully saturated rings. The molecule has 1 aliphatic rings. The van der Waals surface area contributed by atoms with E-state index in [-0.39, 0.29) is 18.0 Å². The van der Waals surface area contributed by atoms with Crippen LogP contribution in [0.5, 0.6) is 0 Å². The summed E-state index contributed by atoms with van der Waals surface area (Å²) in [7, 11) is 1.59. The summed E-state index contributed by atoms with van der Waals surface area (Å²) in [4.78, 5) is 25.1. The molecule has 3 amide bonds. The van der Waals surface area contributed by atoms with Crippen molar-refractivity contribution in [1.29, 1.82) is 0 Å². The Bertz CT molecular complexity index is 709. The SMILES string of the molecule is CNC(=O)c1ccc(NC(=O)NC2CCCc3sccc32)cc1. The Morgan fingerprint density at radius 2 is 1.96 bits per heavy atom. The van der Waals surface area contributed by atoms with Gasteiger partial charge in [0.05, 0.1) is 6.04 Å². The standard InChI is InChI=1S/C17H19N3O2S/c1-18-16(21)11-5-7-12(8-6-11)19-17(22)20-14-3-2-4-15-13(14)9-10-23-15/h5-10,14H,2-4H2,1H3,(H,18,21)(H2,19,20,22). The summed E-state index contributed by atoms with van der Waals surface area (Å²) < 4.78 is 0. The summed E-state index contributed by atoms with van der Waals surface area (Å²) in [6.07, 6.45) is 3.17. The smallest absolute Gasteiger partial charge is 0.319 e. The van der Waals surface area contributed by atoms with Crippen LogP contribution in [0.25, 0.3) is 0 Å². The lowest BCUT2D eigenvalue weighted by molar-refractivity contribution is 0.0963. The second kappa shape index (κ2) is 6.83. The molecule has 0 saturated heterocycles. The molecule has 1 atom stereocenters. The molecule has 1 unspecified atom stereocenters. The molecule has 1 aliphatic carbocycles. The molecule has 0 bridgehead atoms. The Balaban J connectivity index is 1.61. The van der Waals surface area contributed by atoms with Crippen molar-refractivity contribution < 1.29 is 9.59 Å². The minimum atomic E-state index is -0.221. The van der Waals surface area contributed by atoms with Crippen LogP contribution in [0.4, 0.5) is 10.5 Å².